The van der Waals surface area contributed by atoms with Crippen molar-refractivity contribution in [3.8, 4) is 6.07 Å². The summed E-state index contributed by atoms with van der Waals surface area (Å²) in [6, 6.07) is 13.8. The molecule has 2 N–H and O–H groups in total. The van der Waals surface area contributed by atoms with Crippen molar-refractivity contribution >= 4 is 27.9 Å². The van der Waals surface area contributed by atoms with E-state index in [1.807, 2.05) is 13.8 Å². The second-order valence-electron chi connectivity index (χ2n) is 9.70. The monoisotopic (exact) mass is 522 g/mol. The molecule has 8 nitrogen and oxygen atoms in total. The lowest BCUT2D eigenvalue weighted by Crippen LogP contribution is -2.39. The van der Waals surface area contributed by atoms with Gasteiger partial charge in [0.2, 0.25) is 10.0 Å². The van der Waals surface area contributed by atoms with E-state index in [0.29, 0.717) is 35.5 Å². The number of ketones is 1. The Morgan fingerprint density at radius 1 is 1.19 bits per heavy atom. The zero-order chi connectivity index (χ0) is 27.0. The number of sulfonamides is 1. The molecule has 2 aromatic rings. The lowest BCUT2D eigenvalue weighted by molar-refractivity contribution is -0.118. The number of carbonyl (C=O) groups excluding carboxylic acids is 1. The molecule has 1 aliphatic carbocycles. The molecule has 0 amide bonds. The van der Waals surface area contributed by atoms with Crippen molar-refractivity contribution in [2.45, 2.75) is 44.4 Å². The van der Waals surface area contributed by atoms with Gasteiger partial charge in [-0.15, -0.1) is 0 Å². The molecule has 1 unspecified atom stereocenters. The van der Waals surface area contributed by atoms with Crippen LogP contribution in [0.15, 0.2) is 81.1 Å². The maximum atomic E-state index is 13.8. The smallest absolute Gasteiger partial charge is 0.238 e. The Bertz CT molecular complexity index is 1470. The van der Waals surface area contributed by atoms with E-state index in [1.165, 1.54) is 30.7 Å². The summed E-state index contributed by atoms with van der Waals surface area (Å²) in [5.74, 6) is -1.07. The number of allylic oxidation sites excluding steroid dienone is 3. The van der Waals surface area contributed by atoms with Crippen LogP contribution < -0.4 is 10.0 Å². The highest BCUT2D eigenvalue weighted by Crippen LogP contribution is 2.51. The van der Waals surface area contributed by atoms with E-state index < -0.39 is 21.8 Å². The number of anilines is 1. The molecule has 0 radical (unpaired) electrons. The molecule has 2 aliphatic rings. The molecule has 192 valence electrons. The molecule has 0 bridgehead atoms. The van der Waals surface area contributed by atoms with Crippen molar-refractivity contribution in [1.82, 2.24) is 0 Å². The quantitative estimate of drug-likeness (QED) is 0.439. The van der Waals surface area contributed by atoms with Crippen LogP contribution in [0.1, 0.15) is 45.1 Å². The van der Waals surface area contributed by atoms with Gasteiger partial charge >= 0.3 is 0 Å². The summed E-state index contributed by atoms with van der Waals surface area (Å²) in [7, 11) is -3.93. The highest BCUT2D eigenvalue weighted by Gasteiger charge is 2.45. The van der Waals surface area contributed by atoms with Gasteiger partial charge in [-0.05, 0) is 60.7 Å². The Morgan fingerprint density at radius 2 is 1.84 bits per heavy atom. The van der Waals surface area contributed by atoms with Crippen LogP contribution in [0.5, 0.6) is 0 Å². The molecular weight excluding hydrogens is 495 g/mol. The molecule has 0 fully saturated rings. The zero-order valence-electron chi connectivity index (χ0n) is 20.7. The zero-order valence-corrected chi connectivity index (χ0v) is 21.5. The van der Waals surface area contributed by atoms with Gasteiger partial charge in [0.15, 0.2) is 18.0 Å². The largest absolute Gasteiger partial charge is 0.483 e. The first-order valence-electron chi connectivity index (χ1n) is 11.7. The van der Waals surface area contributed by atoms with Gasteiger partial charge in [0.1, 0.15) is 5.82 Å². The molecule has 0 spiro atoms. The molecule has 0 saturated heterocycles. The molecule has 1 atom stereocenters. The third kappa shape index (κ3) is 5.19. The molecule has 0 saturated carbocycles. The summed E-state index contributed by atoms with van der Waals surface area (Å²) in [6.45, 7) is 6.11. The van der Waals surface area contributed by atoms with E-state index in [0.717, 1.165) is 0 Å². The van der Waals surface area contributed by atoms with Gasteiger partial charge in [0, 0.05) is 23.4 Å². The van der Waals surface area contributed by atoms with Crippen LogP contribution in [-0.4, -0.2) is 27.2 Å². The first kappa shape index (κ1) is 26.3. The number of hydrogen-bond donors (Lipinski definition) is 1. The Morgan fingerprint density at radius 3 is 2.41 bits per heavy atom. The number of primary sulfonamides is 1. The number of benzene rings is 2. The van der Waals surface area contributed by atoms with E-state index in [1.54, 1.807) is 36.1 Å². The second kappa shape index (κ2) is 9.92. The SMILES string of the molecule is CCOC=NC1=C(C#N)C(c2ccc(F)cc2)C2=C(CC(C)(C)CC2=O)N1c1ccc(S(N)(=O)=O)cc1. The van der Waals surface area contributed by atoms with Gasteiger partial charge < -0.3 is 4.74 Å². The third-order valence-electron chi connectivity index (χ3n) is 6.36. The fraction of sp³-hybridized carbons (Fsp3) is 0.296. The fourth-order valence-electron chi connectivity index (χ4n) is 4.81. The van der Waals surface area contributed by atoms with E-state index in [2.05, 4.69) is 11.1 Å². The van der Waals surface area contributed by atoms with Crippen molar-refractivity contribution in [3.63, 3.8) is 0 Å². The molecular formula is C27H27FN4O4S. The Kier molecular flexibility index (Phi) is 7.04. The number of nitrogens with zero attached hydrogens (tertiary/aromatic N) is 3. The van der Waals surface area contributed by atoms with E-state index >= 15 is 0 Å². The molecule has 10 heteroatoms. The highest BCUT2D eigenvalue weighted by molar-refractivity contribution is 7.89. The number of Topliss-reactive ketones (excluding diaryl/α,β-unsaturated/α-hetero) is 1. The summed E-state index contributed by atoms with van der Waals surface area (Å²) in [5, 5.41) is 15.6. The fourth-order valence-corrected chi connectivity index (χ4v) is 5.32. The van der Waals surface area contributed by atoms with Crippen LogP contribution >= 0.6 is 0 Å². The summed E-state index contributed by atoms with van der Waals surface area (Å²) < 4.78 is 42.8. The van der Waals surface area contributed by atoms with Gasteiger partial charge in [0.05, 0.1) is 29.1 Å². The summed E-state index contributed by atoms with van der Waals surface area (Å²) in [4.78, 5) is 19.8. The lowest BCUT2D eigenvalue weighted by atomic mass is 9.68. The first-order chi connectivity index (χ1) is 17.5. The normalized spacial score (nSPS) is 19.7. The minimum Gasteiger partial charge on any atom is -0.483 e. The number of halogens is 1. The van der Waals surface area contributed by atoms with Crippen molar-refractivity contribution < 1.29 is 22.3 Å². The average Bonchev–Trinajstić information content (AvgIpc) is 2.83. The van der Waals surface area contributed by atoms with Crippen LogP contribution in [0.25, 0.3) is 0 Å². The predicted octanol–water partition coefficient (Wildman–Crippen LogP) is 4.52. The van der Waals surface area contributed by atoms with Crippen LogP contribution in [0, 0.1) is 22.6 Å². The van der Waals surface area contributed by atoms with Crippen molar-refractivity contribution in [2.24, 2.45) is 15.5 Å². The molecule has 4 rings (SSSR count). The van der Waals surface area contributed by atoms with Crippen molar-refractivity contribution in [1.29, 1.82) is 5.26 Å². The summed E-state index contributed by atoms with van der Waals surface area (Å²) >= 11 is 0. The topological polar surface area (TPSA) is 126 Å². The van der Waals surface area contributed by atoms with Crippen LogP contribution in [0.4, 0.5) is 10.1 Å². The maximum Gasteiger partial charge on any atom is 0.238 e. The van der Waals surface area contributed by atoms with E-state index in [-0.39, 0.29) is 33.9 Å². The van der Waals surface area contributed by atoms with Gasteiger partial charge in [-0.25, -0.2) is 22.9 Å². The standard InChI is InChI=1S/C27H27FN4O4S/c1-4-36-16-31-26-21(15-29)24(17-5-7-18(28)8-6-17)25-22(13-27(2,3)14-23(25)33)32(26)19-9-11-20(12-10-19)37(30,34)35/h5-12,16,24H,4,13-14H2,1-3H3,(H2,30,34,35). The second-order valence-corrected chi connectivity index (χ2v) is 11.3. The number of nitrogens with two attached hydrogens (primary N) is 1. The predicted molar refractivity (Wildman–Crippen MR) is 137 cm³/mol. The molecule has 37 heavy (non-hydrogen) atoms. The van der Waals surface area contributed by atoms with E-state index in [4.69, 9.17) is 9.88 Å². The van der Waals surface area contributed by atoms with Crippen molar-refractivity contribution in [3.05, 3.63) is 82.6 Å². The van der Waals surface area contributed by atoms with Crippen LogP contribution in [0.3, 0.4) is 0 Å². The third-order valence-corrected chi connectivity index (χ3v) is 7.29. The minimum absolute atomic E-state index is 0.0736. The number of rotatable bonds is 6. The molecule has 1 heterocycles. The minimum atomic E-state index is -3.93. The Hall–Kier alpha value is -3.81. The van der Waals surface area contributed by atoms with E-state index in [9.17, 15) is 22.9 Å². The van der Waals surface area contributed by atoms with Gasteiger partial charge in [-0.1, -0.05) is 26.0 Å². The number of hydrogen-bond acceptors (Lipinski definition) is 7. The first-order valence-corrected chi connectivity index (χ1v) is 13.2. The lowest BCUT2D eigenvalue weighted by Gasteiger charge is -2.43. The van der Waals surface area contributed by atoms with Gasteiger partial charge in [0.25, 0.3) is 0 Å². The molecule has 2 aromatic carbocycles. The summed E-state index contributed by atoms with van der Waals surface area (Å²) in [6.07, 6.45) is 1.99. The van der Waals surface area contributed by atoms with Crippen LogP contribution in [-0.2, 0) is 19.6 Å². The molecule has 1 aliphatic heterocycles. The Balaban J connectivity index is 2.02. The highest BCUT2D eigenvalue weighted by atomic mass is 32.2. The van der Waals surface area contributed by atoms with Gasteiger partial charge in [-0.3, -0.25) is 9.69 Å². The maximum absolute atomic E-state index is 13.8. The average molecular weight is 523 g/mol. The molecule has 0 aromatic heterocycles. The Labute approximate surface area is 215 Å². The number of nitriles is 1. The number of aliphatic imine (C=N–C) groups is 1. The van der Waals surface area contributed by atoms with Gasteiger partial charge in [-0.2, -0.15) is 5.26 Å². The number of ether oxygens (including phenoxy) is 1. The number of carbonyl (C=O) groups is 1. The summed E-state index contributed by atoms with van der Waals surface area (Å²) in [5.41, 5.74) is 1.96. The van der Waals surface area contributed by atoms with Crippen LogP contribution in [0.2, 0.25) is 0 Å². The van der Waals surface area contributed by atoms with Crippen molar-refractivity contribution in [2.75, 3.05) is 11.5 Å².